The normalized spacial score (nSPS) is 9.68. The predicted octanol–water partition coefficient (Wildman–Crippen LogP) is 3.28. The molecule has 0 aliphatic heterocycles. The van der Waals surface area contributed by atoms with Crippen LogP contribution in [0.25, 0.3) is 0 Å². The van der Waals surface area contributed by atoms with E-state index in [9.17, 15) is 9.90 Å². The highest BCUT2D eigenvalue weighted by Crippen LogP contribution is 2.22. The van der Waals surface area contributed by atoms with Gasteiger partial charge in [-0.15, -0.1) is 0 Å². The lowest BCUT2D eigenvalue weighted by atomic mass is 10.1. The summed E-state index contributed by atoms with van der Waals surface area (Å²) in [4.78, 5) is 12.0. The van der Waals surface area contributed by atoms with E-state index in [1.165, 1.54) is 12.1 Å². The maximum atomic E-state index is 12.0. The van der Waals surface area contributed by atoms with Crippen molar-refractivity contribution < 1.29 is 9.90 Å². The van der Waals surface area contributed by atoms with Crippen LogP contribution in [0.2, 0.25) is 0 Å². The number of halogens is 1. The van der Waals surface area contributed by atoms with Gasteiger partial charge >= 0.3 is 0 Å². The number of aromatic hydroxyl groups is 1. The van der Waals surface area contributed by atoms with Crippen LogP contribution in [0.5, 0.6) is 5.75 Å². The number of benzene rings is 2. The maximum absolute atomic E-state index is 12.0. The summed E-state index contributed by atoms with van der Waals surface area (Å²) in [7, 11) is 0. The van der Waals surface area contributed by atoms with Gasteiger partial charge in [-0.25, -0.2) is 0 Å². The summed E-state index contributed by atoms with van der Waals surface area (Å²) in [5.41, 5.74) is 0.909. The molecule has 5 heteroatoms. The van der Waals surface area contributed by atoms with Crippen LogP contribution in [0.3, 0.4) is 0 Å². The lowest BCUT2D eigenvalue weighted by Gasteiger charge is -2.08. The summed E-state index contributed by atoms with van der Waals surface area (Å²) in [5, 5.41) is 21.2. The van der Waals surface area contributed by atoms with E-state index >= 15 is 0 Å². The van der Waals surface area contributed by atoms with Crippen LogP contribution in [-0.4, -0.2) is 11.0 Å². The Morgan fingerprint density at radius 2 is 2.00 bits per heavy atom. The topological polar surface area (TPSA) is 73.1 Å². The van der Waals surface area contributed by atoms with Gasteiger partial charge in [-0.05, 0) is 30.3 Å². The molecule has 0 aromatic heterocycles. The second-order valence-electron chi connectivity index (χ2n) is 3.77. The van der Waals surface area contributed by atoms with E-state index < -0.39 is 5.91 Å². The lowest BCUT2D eigenvalue weighted by molar-refractivity contribution is 0.102. The number of phenolic OH excluding ortho intramolecular Hbond substituents is 1. The molecule has 0 bridgehead atoms. The van der Waals surface area contributed by atoms with Crippen molar-refractivity contribution in [1.82, 2.24) is 0 Å². The van der Waals surface area contributed by atoms with E-state index in [1.807, 2.05) is 6.07 Å². The molecular weight excluding hydrogens is 308 g/mol. The number of carbonyl (C=O) groups excluding carboxylic acids is 1. The van der Waals surface area contributed by atoms with Gasteiger partial charge in [-0.3, -0.25) is 4.79 Å². The quantitative estimate of drug-likeness (QED) is 0.893. The number of hydrogen-bond acceptors (Lipinski definition) is 3. The molecule has 0 aliphatic rings. The van der Waals surface area contributed by atoms with Crippen molar-refractivity contribution in [2.24, 2.45) is 0 Å². The van der Waals surface area contributed by atoms with E-state index in [0.717, 1.165) is 4.47 Å². The second-order valence-corrected chi connectivity index (χ2v) is 4.69. The number of amides is 1. The molecule has 0 fully saturated rings. The molecule has 0 aliphatic carbocycles. The highest BCUT2D eigenvalue weighted by Gasteiger charge is 2.12. The molecule has 0 heterocycles. The third-order valence-corrected chi connectivity index (χ3v) is 2.99. The molecule has 0 unspecified atom stereocenters. The zero-order chi connectivity index (χ0) is 13.8. The van der Waals surface area contributed by atoms with Crippen molar-refractivity contribution in [3.63, 3.8) is 0 Å². The van der Waals surface area contributed by atoms with Gasteiger partial charge in [0.05, 0.1) is 16.8 Å². The fourth-order valence-corrected chi connectivity index (χ4v) is 1.93. The first-order valence-electron chi connectivity index (χ1n) is 5.41. The van der Waals surface area contributed by atoms with Crippen molar-refractivity contribution in [2.75, 3.05) is 5.32 Å². The van der Waals surface area contributed by atoms with E-state index in [4.69, 9.17) is 5.26 Å². The summed E-state index contributed by atoms with van der Waals surface area (Å²) < 4.78 is 0.754. The van der Waals surface area contributed by atoms with Gasteiger partial charge in [-0.2, -0.15) is 5.26 Å². The molecule has 2 aromatic carbocycles. The van der Waals surface area contributed by atoms with Crippen LogP contribution in [0.4, 0.5) is 5.69 Å². The molecule has 0 atom stereocenters. The van der Waals surface area contributed by atoms with Crippen LogP contribution >= 0.6 is 15.9 Å². The number of rotatable bonds is 2. The number of phenols is 1. The Morgan fingerprint density at radius 3 is 2.68 bits per heavy atom. The van der Waals surface area contributed by atoms with Crippen LogP contribution in [-0.2, 0) is 0 Å². The number of para-hydroxylation sites is 1. The average molecular weight is 317 g/mol. The van der Waals surface area contributed by atoms with Crippen molar-refractivity contribution >= 4 is 27.5 Å². The molecule has 2 rings (SSSR count). The lowest BCUT2D eigenvalue weighted by Crippen LogP contribution is -2.13. The standard InChI is InChI=1S/C14H9BrN2O2/c15-10-5-6-12(9(7-10)8-16)17-14(19)11-3-1-2-4-13(11)18/h1-7,18H,(H,17,19). The summed E-state index contributed by atoms with van der Waals surface area (Å²) in [5.74, 6) is -0.562. The summed E-state index contributed by atoms with van der Waals surface area (Å²) in [6.45, 7) is 0. The molecule has 2 N–H and O–H groups in total. The minimum atomic E-state index is -0.461. The van der Waals surface area contributed by atoms with E-state index in [2.05, 4.69) is 21.2 Å². The monoisotopic (exact) mass is 316 g/mol. The van der Waals surface area contributed by atoms with E-state index in [-0.39, 0.29) is 11.3 Å². The largest absolute Gasteiger partial charge is 0.507 e. The Hall–Kier alpha value is -2.32. The third-order valence-electron chi connectivity index (χ3n) is 2.50. The van der Waals surface area contributed by atoms with Gasteiger partial charge in [0.1, 0.15) is 11.8 Å². The minimum absolute atomic E-state index is 0.101. The molecule has 1 amide bonds. The van der Waals surface area contributed by atoms with Crippen molar-refractivity contribution in [1.29, 1.82) is 5.26 Å². The maximum Gasteiger partial charge on any atom is 0.259 e. The zero-order valence-electron chi connectivity index (χ0n) is 9.72. The fourth-order valence-electron chi connectivity index (χ4n) is 1.57. The third kappa shape index (κ3) is 2.92. The Kier molecular flexibility index (Phi) is 3.83. The first-order chi connectivity index (χ1) is 9.11. The molecule has 0 saturated heterocycles. The van der Waals surface area contributed by atoms with Gasteiger partial charge in [0, 0.05) is 4.47 Å². The number of nitrogens with one attached hydrogen (secondary N) is 1. The van der Waals surface area contributed by atoms with Gasteiger partial charge in [0.25, 0.3) is 5.91 Å². The van der Waals surface area contributed by atoms with Gasteiger partial charge < -0.3 is 10.4 Å². The molecular formula is C14H9BrN2O2. The first kappa shape index (κ1) is 13.1. The highest BCUT2D eigenvalue weighted by molar-refractivity contribution is 9.10. The molecule has 0 radical (unpaired) electrons. The number of anilines is 1. The van der Waals surface area contributed by atoms with Crippen LogP contribution in [0.15, 0.2) is 46.9 Å². The van der Waals surface area contributed by atoms with E-state index in [0.29, 0.717) is 11.3 Å². The number of hydrogen-bond donors (Lipinski definition) is 2. The highest BCUT2D eigenvalue weighted by atomic mass is 79.9. The van der Waals surface area contributed by atoms with E-state index in [1.54, 1.807) is 30.3 Å². The molecule has 4 nitrogen and oxygen atoms in total. The summed E-state index contributed by atoms with van der Waals surface area (Å²) >= 11 is 3.26. The molecule has 0 saturated carbocycles. The van der Waals surface area contributed by atoms with Crippen LogP contribution in [0, 0.1) is 11.3 Å². The zero-order valence-corrected chi connectivity index (χ0v) is 11.3. The minimum Gasteiger partial charge on any atom is -0.507 e. The average Bonchev–Trinajstić information content (AvgIpc) is 2.41. The van der Waals surface area contributed by atoms with Crippen LogP contribution < -0.4 is 5.32 Å². The summed E-state index contributed by atoms with van der Waals surface area (Å²) in [6, 6.07) is 13.2. The number of carbonyl (C=O) groups is 1. The van der Waals surface area contributed by atoms with Gasteiger partial charge in [-0.1, -0.05) is 28.1 Å². The van der Waals surface area contributed by atoms with Gasteiger partial charge in [0.15, 0.2) is 0 Å². The van der Waals surface area contributed by atoms with Crippen LogP contribution in [0.1, 0.15) is 15.9 Å². The molecule has 94 valence electrons. The van der Waals surface area contributed by atoms with Gasteiger partial charge in [0.2, 0.25) is 0 Å². The Balaban J connectivity index is 2.30. The Labute approximate surface area is 118 Å². The van der Waals surface area contributed by atoms with Crippen molar-refractivity contribution in [2.45, 2.75) is 0 Å². The predicted molar refractivity (Wildman–Crippen MR) is 74.9 cm³/mol. The molecule has 0 spiro atoms. The first-order valence-corrected chi connectivity index (χ1v) is 6.20. The Bertz CT molecular complexity index is 677. The Morgan fingerprint density at radius 1 is 1.26 bits per heavy atom. The SMILES string of the molecule is N#Cc1cc(Br)ccc1NC(=O)c1ccccc1O. The molecule has 19 heavy (non-hydrogen) atoms. The van der Waals surface area contributed by atoms with Crippen molar-refractivity contribution in [3.05, 3.63) is 58.1 Å². The fraction of sp³-hybridized carbons (Fsp3) is 0. The second kappa shape index (κ2) is 5.55. The number of nitriles is 1. The van der Waals surface area contributed by atoms with Crippen molar-refractivity contribution in [3.8, 4) is 11.8 Å². The summed E-state index contributed by atoms with van der Waals surface area (Å²) in [6.07, 6.45) is 0. The number of nitrogens with zero attached hydrogens (tertiary/aromatic N) is 1. The smallest absolute Gasteiger partial charge is 0.259 e. The molecule has 2 aromatic rings.